The van der Waals surface area contributed by atoms with Gasteiger partial charge in [0.15, 0.2) is 11.4 Å². The van der Waals surface area contributed by atoms with Crippen molar-refractivity contribution in [3.8, 4) is 0 Å². The molecular weight excluding hydrogens is 457 g/mol. The summed E-state index contributed by atoms with van der Waals surface area (Å²) in [7, 11) is 0. The van der Waals surface area contributed by atoms with E-state index in [0.29, 0.717) is 46.8 Å². The zero-order chi connectivity index (χ0) is 25.3. The van der Waals surface area contributed by atoms with Crippen molar-refractivity contribution in [2.75, 3.05) is 5.32 Å². The number of nitrogens with one attached hydrogen (secondary N) is 1. The first-order valence-corrected chi connectivity index (χ1v) is 11.8. The van der Waals surface area contributed by atoms with Crippen molar-refractivity contribution >= 4 is 22.6 Å². The first kappa shape index (κ1) is 23.4. The minimum absolute atomic E-state index is 0.115. The Bertz CT molecular complexity index is 1490. The van der Waals surface area contributed by atoms with Crippen LogP contribution in [-0.4, -0.2) is 30.3 Å². The number of hydrogen-bond donors (Lipinski definition) is 2. The first-order chi connectivity index (χ1) is 17.5. The highest BCUT2D eigenvalue weighted by Gasteiger charge is 2.39. The molecule has 0 aliphatic carbocycles. The molecule has 5 aromatic rings. The lowest BCUT2D eigenvalue weighted by molar-refractivity contribution is 0.102. The van der Waals surface area contributed by atoms with Crippen LogP contribution < -0.4 is 5.32 Å². The fraction of sp³-hybridized carbons (Fsp3) is 0.179. The molecule has 0 unspecified atom stereocenters. The molecule has 182 valence electrons. The quantitative estimate of drug-likeness (QED) is 0.343. The van der Waals surface area contributed by atoms with Crippen LogP contribution in [0.2, 0.25) is 0 Å². The van der Waals surface area contributed by atoms with Crippen molar-refractivity contribution in [2.24, 2.45) is 0 Å². The standard InChI is InChI=1S/C28H26FN5O2/c1-3-33-18-21(17-30-33)31-26(35)22-15-25-24(16-23(22)29)32-27(34(25)4-2)28(36,19-11-7-5-8-12-19)20-13-9-6-10-14-20/h5-18,36H,3-4H2,1-2H3,(H,31,35). The van der Waals surface area contributed by atoms with Crippen LogP contribution in [-0.2, 0) is 18.7 Å². The van der Waals surface area contributed by atoms with Crippen molar-refractivity contribution in [3.05, 3.63) is 114 Å². The molecule has 0 spiro atoms. The van der Waals surface area contributed by atoms with E-state index in [9.17, 15) is 9.90 Å². The van der Waals surface area contributed by atoms with E-state index in [1.165, 1.54) is 18.3 Å². The van der Waals surface area contributed by atoms with E-state index in [0.717, 1.165) is 0 Å². The minimum Gasteiger partial charge on any atom is -0.373 e. The van der Waals surface area contributed by atoms with Crippen LogP contribution in [0.25, 0.3) is 11.0 Å². The Morgan fingerprint density at radius 3 is 2.19 bits per heavy atom. The van der Waals surface area contributed by atoms with Crippen LogP contribution in [0.15, 0.2) is 85.2 Å². The van der Waals surface area contributed by atoms with Crippen LogP contribution in [0.1, 0.15) is 41.2 Å². The van der Waals surface area contributed by atoms with Gasteiger partial charge in [0.25, 0.3) is 5.91 Å². The average Bonchev–Trinajstić information content (AvgIpc) is 3.52. The van der Waals surface area contributed by atoms with Gasteiger partial charge in [-0.05, 0) is 31.0 Å². The topological polar surface area (TPSA) is 85.0 Å². The number of aromatic nitrogens is 4. The van der Waals surface area contributed by atoms with Crippen molar-refractivity contribution in [1.82, 2.24) is 19.3 Å². The molecule has 0 radical (unpaired) electrons. The lowest BCUT2D eigenvalue weighted by Gasteiger charge is -2.29. The van der Waals surface area contributed by atoms with E-state index in [4.69, 9.17) is 4.98 Å². The summed E-state index contributed by atoms with van der Waals surface area (Å²) in [5.41, 5.74) is 0.939. The zero-order valence-electron chi connectivity index (χ0n) is 20.0. The van der Waals surface area contributed by atoms with Gasteiger partial charge in [-0.1, -0.05) is 60.7 Å². The Morgan fingerprint density at radius 1 is 1.00 bits per heavy atom. The van der Waals surface area contributed by atoms with Gasteiger partial charge >= 0.3 is 0 Å². The van der Waals surface area contributed by atoms with Gasteiger partial charge in [0, 0.05) is 25.4 Å². The molecule has 7 nitrogen and oxygen atoms in total. The fourth-order valence-electron chi connectivity index (χ4n) is 4.50. The molecule has 3 aromatic carbocycles. The van der Waals surface area contributed by atoms with Crippen LogP contribution in [0.4, 0.5) is 10.1 Å². The number of imidazole rings is 1. The molecule has 0 aliphatic heterocycles. The van der Waals surface area contributed by atoms with Crippen LogP contribution >= 0.6 is 0 Å². The zero-order valence-corrected chi connectivity index (χ0v) is 20.0. The Hall–Kier alpha value is -4.30. The Kier molecular flexibility index (Phi) is 6.12. The maximum absolute atomic E-state index is 15.1. The summed E-state index contributed by atoms with van der Waals surface area (Å²) in [6.45, 7) is 4.95. The third-order valence-corrected chi connectivity index (χ3v) is 6.32. The van der Waals surface area contributed by atoms with Crippen LogP contribution in [0, 0.1) is 5.82 Å². The molecule has 1 amide bonds. The second kappa shape index (κ2) is 9.39. The molecule has 5 rings (SSSR count). The molecular formula is C28H26FN5O2. The van der Waals surface area contributed by atoms with E-state index in [1.807, 2.05) is 79.1 Å². The summed E-state index contributed by atoms with van der Waals surface area (Å²) < 4.78 is 18.6. The number of benzene rings is 3. The Morgan fingerprint density at radius 2 is 1.64 bits per heavy atom. The van der Waals surface area contributed by atoms with Crippen molar-refractivity contribution in [2.45, 2.75) is 32.5 Å². The van der Waals surface area contributed by atoms with E-state index in [2.05, 4.69) is 10.4 Å². The molecule has 0 bridgehead atoms. The van der Waals surface area contributed by atoms with Gasteiger partial charge in [0.2, 0.25) is 0 Å². The normalized spacial score (nSPS) is 11.7. The summed E-state index contributed by atoms with van der Waals surface area (Å²) in [6.07, 6.45) is 3.20. The number of amides is 1. The summed E-state index contributed by atoms with van der Waals surface area (Å²) in [5, 5.41) is 19.1. The lowest BCUT2D eigenvalue weighted by atomic mass is 9.85. The molecule has 0 saturated carbocycles. The summed E-state index contributed by atoms with van der Waals surface area (Å²) >= 11 is 0. The van der Waals surface area contributed by atoms with Gasteiger partial charge in [0.1, 0.15) is 5.82 Å². The minimum atomic E-state index is -1.59. The first-order valence-electron chi connectivity index (χ1n) is 11.8. The maximum Gasteiger partial charge on any atom is 0.258 e. The van der Waals surface area contributed by atoms with Crippen LogP contribution in [0.5, 0.6) is 0 Å². The smallest absolute Gasteiger partial charge is 0.258 e. The van der Waals surface area contributed by atoms with Gasteiger partial charge < -0.3 is 15.0 Å². The Labute approximate surface area is 207 Å². The molecule has 36 heavy (non-hydrogen) atoms. The average molecular weight is 484 g/mol. The molecule has 0 fully saturated rings. The number of nitrogens with zero attached hydrogens (tertiary/aromatic N) is 4. The second-order valence-corrected chi connectivity index (χ2v) is 8.48. The van der Waals surface area contributed by atoms with Crippen LogP contribution in [0.3, 0.4) is 0 Å². The lowest BCUT2D eigenvalue weighted by Crippen LogP contribution is -2.32. The van der Waals surface area contributed by atoms with E-state index in [-0.39, 0.29) is 5.56 Å². The summed E-state index contributed by atoms with van der Waals surface area (Å²) in [4.78, 5) is 17.7. The summed E-state index contributed by atoms with van der Waals surface area (Å²) in [5.74, 6) is -0.937. The number of rotatable bonds is 7. The van der Waals surface area contributed by atoms with Crippen molar-refractivity contribution < 1.29 is 14.3 Å². The number of carbonyl (C=O) groups excluding carboxylic acids is 1. The highest BCUT2D eigenvalue weighted by Crippen LogP contribution is 2.38. The number of fused-ring (bicyclic) bond motifs is 1. The number of hydrogen-bond acceptors (Lipinski definition) is 4. The predicted octanol–water partition coefficient (Wildman–Crippen LogP) is 4.95. The molecule has 2 aromatic heterocycles. The van der Waals surface area contributed by atoms with Gasteiger partial charge in [-0.15, -0.1) is 0 Å². The van der Waals surface area contributed by atoms with E-state index >= 15 is 4.39 Å². The maximum atomic E-state index is 15.1. The molecule has 0 aliphatic rings. The number of aryl methyl sites for hydroxylation is 2. The fourth-order valence-corrected chi connectivity index (χ4v) is 4.50. The van der Waals surface area contributed by atoms with Gasteiger partial charge in [-0.25, -0.2) is 9.37 Å². The van der Waals surface area contributed by atoms with Gasteiger partial charge in [-0.3, -0.25) is 9.48 Å². The second-order valence-electron chi connectivity index (χ2n) is 8.48. The van der Waals surface area contributed by atoms with E-state index < -0.39 is 17.3 Å². The molecule has 2 heterocycles. The number of carbonyl (C=O) groups is 1. The molecule has 0 saturated heterocycles. The SMILES string of the molecule is CCn1cc(NC(=O)c2cc3c(cc2F)nc(C(O)(c2ccccc2)c2ccccc2)n3CC)cn1. The third kappa shape index (κ3) is 3.95. The number of halogens is 1. The molecule has 2 N–H and O–H groups in total. The number of aliphatic hydroxyl groups is 1. The highest BCUT2D eigenvalue weighted by atomic mass is 19.1. The van der Waals surface area contributed by atoms with Gasteiger partial charge in [-0.2, -0.15) is 5.10 Å². The van der Waals surface area contributed by atoms with Crippen molar-refractivity contribution in [3.63, 3.8) is 0 Å². The number of anilines is 1. The summed E-state index contributed by atoms with van der Waals surface area (Å²) in [6, 6.07) is 21.2. The third-order valence-electron chi connectivity index (χ3n) is 6.32. The monoisotopic (exact) mass is 483 g/mol. The highest BCUT2D eigenvalue weighted by molar-refractivity contribution is 6.06. The van der Waals surface area contributed by atoms with Crippen molar-refractivity contribution in [1.29, 1.82) is 0 Å². The van der Waals surface area contributed by atoms with Gasteiger partial charge in [0.05, 0.1) is 28.5 Å². The van der Waals surface area contributed by atoms with E-state index in [1.54, 1.807) is 10.9 Å². The molecule has 8 heteroatoms. The Balaban J connectivity index is 1.65. The predicted molar refractivity (Wildman–Crippen MR) is 136 cm³/mol. The molecule has 0 atom stereocenters. The largest absolute Gasteiger partial charge is 0.373 e.